The first-order valence-corrected chi connectivity index (χ1v) is 11.1. The summed E-state index contributed by atoms with van der Waals surface area (Å²) in [5, 5.41) is 7.14. The van der Waals surface area contributed by atoms with Crippen LogP contribution in [0.3, 0.4) is 0 Å². The molecule has 5 aromatic rings. The molecule has 0 fully saturated rings. The predicted molar refractivity (Wildman–Crippen MR) is 131 cm³/mol. The lowest BCUT2D eigenvalue weighted by Gasteiger charge is -2.09. The quantitative estimate of drug-likeness (QED) is 0.373. The number of fused-ring (bicyclic) bond motifs is 1. The van der Waals surface area contributed by atoms with E-state index in [1.165, 1.54) is 6.20 Å². The molecule has 1 N–H and O–H groups in total. The lowest BCUT2D eigenvalue weighted by molar-refractivity contribution is 0.0525. The van der Waals surface area contributed by atoms with Gasteiger partial charge < -0.3 is 10.1 Å². The maximum Gasteiger partial charge on any atom is 0.341 e. The molecule has 2 aromatic carbocycles. The monoisotopic (exact) mass is 466 g/mol. The fourth-order valence-electron chi connectivity index (χ4n) is 3.78. The Morgan fingerprint density at radius 3 is 2.51 bits per heavy atom. The van der Waals surface area contributed by atoms with Gasteiger partial charge in [-0.15, -0.1) is 0 Å². The van der Waals surface area contributed by atoms with Gasteiger partial charge >= 0.3 is 5.97 Å². The number of ether oxygens (including phenoxy) is 1. The second-order valence-electron chi connectivity index (χ2n) is 7.79. The van der Waals surface area contributed by atoms with E-state index in [1.807, 2.05) is 34.9 Å². The molecule has 3 aromatic heterocycles. The highest BCUT2D eigenvalue weighted by atomic mass is 16.5. The van der Waals surface area contributed by atoms with Crippen LogP contribution < -0.4 is 5.32 Å². The molecule has 9 nitrogen and oxygen atoms in total. The fraction of sp³-hybridized carbons (Fsp3) is 0.115. The number of carbonyl (C=O) groups is 2. The van der Waals surface area contributed by atoms with E-state index in [1.54, 1.807) is 61.4 Å². The van der Waals surface area contributed by atoms with Crippen molar-refractivity contribution in [1.82, 2.24) is 24.3 Å². The van der Waals surface area contributed by atoms with Crippen LogP contribution in [0.2, 0.25) is 0 Å². The van der Waals surface area contributed by atoms with Gasteiger partial charge in [0.1, 0.15) is 17.7 Å². The molecule has 0 aliphatic heterocycles. The summed E-state index contributed by atoms with van der Waals surface area (Å²) in [6.07, 6.45) is 4.82. The molecule has 5 rings (SSSR count). The van der Waals surface area contributed by atoms with Gasteiger partial charge in [0.25, 0.3) is 5.91 Å². The van der Waals surface area contributed by atoms with Gasteiger partial charge in [0.2, 0.25) is 0 Å². The van der Waals surface area contributed by atoms with Crippen molar-refractivity contribution < 1.29 is 14.3 Å². The van der Waals surface area contributed by atoms with Gasteiger partial charge in [-0.25, -0.2) is 19.4 Å². The third-order valence-electron chi connectivity index (χ3n) is 5.59. The summed E-state index contributed by atoms with van der Waals surface area (Å²) in [5.41, 5.74) is 4.71. The molecule has 0 saturated heterocycles. The zero-order valence-corrected chi connectivity index (χ0v) is 19.2. The molecule has 0 unspecified atom stereocenters. The normalized spacial score (nSPS) is 10.9. The van der Waals surface area contributed by atoms with E-state index in [0.717, 1.165) is 16.7 Å². The molecule has 3 heterocycles. The van der Waals surface area contributed by atoms with Crippen molar-refractivity contribution in [3.63, 3.8) is 0 Å². The number of para-hydroxylation sites is 2. The Bertz CT molecular complexity index is 1520. The third kappa shape index (κ3) is 4.26. The average Bonchev–Trinajstić information content (AvgIpc) is 3.48. The Morgan fingerprint density at radius 1 is 0.971 bits per heavy atom. The summed E-state index contributed by atoms with van der Waals surface area (Å²) in [6.45, 7) is 3.85. The van der Waals surface area contributed by atoms with Crippen LogP contribution in [-0.2, 0) is 4.74 Å². The molecule has 0 bridgehead atoms. The molecular formula is C26H22N6O3. The number of aromatic nitrogens is 5. The van der Waals surface area contributed by atoms with E-state index in [2.05, 4.69) is 20.4 Å². The SMILES string of the molecule is CCOC(=O)c1cnn(-c2ccc(C(=O)Nc3ccc(-n4cnc5ccccc54)nc3)cc2)c1C. The van der Waals surface area contributed by atoms with Gasteiger partial charge in [0.05, 0.1) is 47.1 Å². The van der Waals surface area contributed by atoms with E-state index in [-0.39, 0.29) is 5.91 Å². The van der Waals surface area contributed by atoms with Crippen LogP contribution >= 0.6 is 0 Å². The van der Waals surface area contributed by atoms with E-state index >= 15 is 0 Å². The smallest absolute Gasteiger partial charge is 0.341 e. The van der Waals surface area contributed by atoms with Crippen molar-refractivity contribution in [2.24, 2.45) is 0 Å². The lowest BCUT2D eigenvalue weighted by atomic mass is 10.2. The van der Waals surface area contributed by atoms with Gasteiger partial charge in [0, 0.05) is 5.56 Å². The highest BCUT2D eigenvalue weighted by Gasteiger charge is 2.16. The molecule has 0 atom stereocenters. The molecule has 9 heteroatoms. The fourth-order valence-corrected chi connectivity index (χ4v) is 3.78. The number of nitrogens with one attached hydrogen (secondary N) is 1. The van der Waals surface area contributed by atoms with E-state index in [9.17, 15) is 9.59 Å². The first-order valence-electron chi connectivity index (χ1n) is 11.1. The number of hydrogen-bond donors (Lipinski definition) is 1. The number of esters is 1. The number of benzene rings is 2. The Balaban J connectivity index is 1.29. The van der Waals surface area contributed by atoms with Crippen molar-refractivity contribution in [3.05, 3.63) is 96.2 Å². The molecular weight excluding hydrogens is 444 g/mol. The predicted octanol–water partition coefficient (Wildman–Crippen LogP) is 4.34. The van der Waals surface area contributed by atoms with Gasteiger partial charge in [-0.1, -0.05) is 12.1 Å². The minimum Gasteiger partial charge on any atom is -0.462 e. The van der Waals surface area contributed by atoms with Crippen LogP contribution in [0.15, 0.2) is 79.4 Å². The van der Waals surface area contributed by atoms with Crippen LogP contribution in [0.25, 0.3) is 22.5 Å². The number of rotatable bonds is 6. The van der Waals surface area contributed by atoms with Crippen molar-refractivity contribution in [2.75, 3.05) is 11.9 Å². The van der Waals surface area contributed by atoms with Gasteiger partial charge in [-0.05, 0) is 62.4 Å². The summed E-state index contributed by atoms with van der Waals surface area (Å²) in [5.74, 6) is 0.0366. The lowest BCUT2D eigenvalue weighted by Crippen LogP contribution is -2.12. The number of pyridine rings is 1. The highest BCUT2D eigenvalue weighted by molar-refractivity contribution is 6.04. The van der Waals surface area contributed by atoms with Crippen LogP contribution in [0, 0.1) is 6.92 Å². The summed E-state index contributed by atoms with van der Waals surface area (Å²) >= 11 is 0. The van der Waals surface area contributed by atoms with Crippen LogP contribution in [-0.4, -0.2) is 42.8 Å². The zero-order valence-electron chi connectivity index (χ0n) is 19.2. The molecule has 0 aliphatic rings. The number of hydrogen-bond acceptors (Lipinski definition) is 6. The number of imidazole rings is 1. The van der Waals surface area contributed by atoms with Gasteiger partial charge in [0.15, 0.2) is 0 Å². The number of amides is 1. The second-order valence-corrected chi connectivity index (χ2v) is 7.79. The third-order valence-corrected chi connectivity index (χ3v) is 5.59. The molecule has 1 amide bonds. The van der Waals surface area contributed by atoms with Gasteiger partial charge in [-0.2, -0.15) is 5.10 Å². The Hall–Kier alpha value is -4.79. The zero-order chi connectivity index (χ0) is 24.4. The highest BCUT2D eigenvalue weighted by Crippen LogP contribution is 2.19. The molecule has 0 radical (unpaired) electrons. The van der Waals surface area contributed by atoms with Gasteiger partial charge in [-0.3, -0.25) is 9.36 Å². The maximum absolute atomic E-state index is 12.7. The second kappa shape index (κ2) is 9.22. The Morgan fingerprint density at radius 2 is 1.77 bits per heavy atom. The minimum absolute atomic E-state index is 0.261. The Labute approximate surface area is 201 Å². The van der Waals surface area contributed by atoms with Crippen molar-refractivity contribution in [2.45, 2.75) is 13.8 Å². The largest absolute Gasteiger partial charge is 0.462 e. The molecule has 174 valence electrons. The van der Waals surface area contributed by atoms with Crippen LogP contribution in [0.1, 0.15) is 33.3 Å². The van der Waals surface area contributed by atoms with Crippen LogP contribution in [0.4, 0.5) is 5.69 Å². The summed E-state index contributed by atoms with van der Waals surface area (Å²) < 4.78 is 8.59. The topological polar surface area (TPSA) is 104 Å². The minimum atomic E-state index is -0.409. The first kappa shape index (κ1) is 22.0. The van der Waals surface area contributed by atoms with E-state index in [4.69, 9.17) is 4.74 Å². The Kier molecular flexibility index (Phi) is 5.80. The molecule has 0 spiro atoms. The van der Waals surface area contributed by atoms with E-state index in [0.29, 0.717) is 34.9 Å². The molecule has 35 heavy (non-hydrogen) atoms. The van der Waals surface area contributed by atoms with Crippen molar-refractivity contribution >= 4 is 28.6 Å². The number of nitrogens with zero attached hydrogens (tertiary/aromatic N) is 5. The molecule has 0 saturated carbocycles. The number of anilines is 1. The summed E-state index contributed by atoms with van der Waals surface area (Å²) in [6, 6.07) is 18.4. The van der Waals surface area contributed by atoms with Crippen molar-refractivity contribution in [1.29, 1.82) is 0 Å². The molecule has 0 aliphatic carbocycles. The average molecular weight is 467 g/mol. The maximum atomic E-state index is 12.7. The summed E-state index contributed by atoms with van der Waals surface area (Å²) in [4.78, 5) is 33.6. The number of carbonyl (C=O) groups excluding carboxylic acids is 2. The first-order chi connectivity index (χ1) is 17.0. The van der Waals surface area contributed by atoms with Crippen LogP contribution in [0.5, 0.6) is 0 Å². The van der Waals surface area contributed by atoms with Crippen molar-refractivity contribution in [3.8, 4) is 11.5 Å². The summed E-state index contributed by atoms with van der Waals surface area (Å²) in [7, 11) is 0. The standard InChI is InChI=1S/C26H22N6O3/c1-3-35-26(34)21-15-29-32(17(21)2)20-11-8-18(9-12-20)25(33)30-19-10-13-24(27-14-19)31-16-28-22-6-4-5-7-23(22)31/h4-16H,3H2,1-2H3,(H,30,33). The van der Waals surface area contributed by atoms with E-state index < -0.39 is 5.97 Å².